The Morgan fingerprint density at radius 1 is 1.23 bits per heavy atom. The molecule has 116 valence electrons. The number of ether oxygens (including phenoxy) is 1. The molecule has 0 aliphatic carbocycles. The lowest BCUT2D eigenvalue weighted by Crippen LogP contribution is -2.41. The molecule has 0 radical (unpaired) electrons. The van der Waals surface area contributed by atoms with Gasteiger partial charge < -0.3 is 15.8 Å². The standard InChI is InChI=1S/C18H22N2O2/c1-13-8-9-15(17(10-13)22-2)12-20-18(21)16(19)11-14-6-4-3-5-7-14/h3-10,16H,11-12,19H2,1-2H3,(H,20,21)/t16-/m0/s1. The molecule has 0 saturated carbocycles. The zero-order valence-corrected chi connectivity index (χ0v) is 13.0. The number of amides is 1. The Labute approximate surface area is 131 Å². The second kappa shape index (κ2) is 7.61. The number of methoxy groups -OCH3 is 1. The Hall–Kier alpha value is -2.33. The Kier molecular flexibility index (Phi) is 5.55. The highest BCUT2D eigenvalue weighted by Crippen LogP contribution is 2.19. The summed E-state index contributed by atoms with van der Waals surface area (Å²) < 4.78 is 5.33. The maximum Gasteiger partial charge on any atom is 0.237 e. The van der Waals surface area contributed by atoms with Gasteiger partial charge >= 0.3 is 0 Å². The summed E-state index contributed by atoms with van der Waals surface area (Å²) in [5, 5.41) is 2.87. The molecule has 0 saturated heterocycles. The van der Waals surface area contributed by atoms with Crippen LogP contribution in [0, 0.1) is 6.92 Å². The third-order valence-corrected chi connectivity index (χ3v) is 3.53. The monoisotopic (exact) mass is 298 g/mol. The first-order chi connectivity index (χ1) is 10.6. The minimum atomic E-state index is -0.557. The van der Waals surface area contributed by atoms with E-state index >= 15 is 0 Å². The quantitative estimate of drug-likeness (QED) is 0.859. The maximum atomic E-state index is 12.1. The molecule has 3 N–H and O–H groups in total. The number of nitrogens with two attached hydrogens (primary N) is 1. The summed E-state index contributed by atoms with van der Waals surface area (Å²) in [7, 11) is 1.63. The summed E-state index contributed by atoms with van der Waals surface area (Å²) in [6.45, 7) is 2.41. The van der Waals surface area contributed by atoms with E-state index in [4.69, 9.17) is 10.5 Å². The third kappa shape index (κ3) is 4.33. The summed E-state index contributed by atoms with van der Waals surface area (Å²) in [5.74, 6) is 0.614. The molecule has 1 atom stereocenters. The Balaban J connectivity index is 1.92. The van der Waals surface area contributed by atoms with Crippen LogP contribution in [0.2, 0.25) is 0 Å². The van der Waals surface area contributed by atoms with Gasteiger partial charge in [0.05, 0.1) is 13.2 Å². The molecular weight excluding hydrogens is 276 g/mol. The van der Waals surface area contributed by atoms with E-state index < -0.39 is 6.04 Å². The predicted molar refractivity (Wildman–Crippen MR) is 87.7 cm³/mol. The van der Waals surface area contributed by atoms with Crippen LogP contribution in [0.1, 0.15) is 16.7 Å². The van der Waals surface area contributed by atoms with Crippen molar-refractivity contribution in [3.63, 3.8) is 0 Å². The average molecular weight is 298 g/mol. The van der Waals surface area contributed by atoms with Crippen LogP contribution in [0.25, 0.3) is 0 Å². The van der Waals surface area contributed by atoms with Gasteiger partial charge in [0, 0.05) is 12.1 Å². The highest BCUT2D eigenvalue weighted by Gasteiger charge is 2.14. The number of aryl methyl sites for hydroxylation is 1. The SMILES string of the molecule is COc1cc(C)ccc1CNC(=O)[C@@H](N)Cc1ccccc1. The van der Waals surface area contributed by atoms with Crippen LogP contribution < -0.4 is 15.8 Å². The molecule has 4 nitrogen and oxygen atoms in total. The summed E-state index contributed by atoms with van der Waals surface area (Å²) in [6, 6.07) is 15.1. The lowest BCUT2D eigenvalue weighted by Gasteiger charge is -2.14. The molecule has 4 heteroatoms. The first-order valence-electron chi connectivity index (χ1n) is 7.31. The van der Waals surface area contributed by atoms with Gasteiger partial charge in [0.25, 0.3) is 0 Å². The fraction of sp³-hybridized carbons (Fsp3) is 0.278. The van der Waals surface area contributed by atoms with Crippen molar-refractivity contribution in [2.45, 2.75) is 25.9 Å². The van der Waals surface area contributed by atoms with Crippen LogP contribution in [0.4, 0.5) is 0 Å². The zero-order chi connectivity index (χ0) is 15.9. The molecule has 22 heavy (non-hydrogen) atoms. The molecule has 1 amide bonds. The molecule has 0 fully saturated rings. The molecule has 2 aromatic carbocycles. The van der Waals surface area contributed by atoms with Crippen LogP contribution in [-0.4, -0.2) is 19.1 Å². The van der Waals surface area contributed by atoms with Gasteiger partial charge in [0.15, 0.2) is 0 Å². The predicted octanol–water partition coefficient (Wildman–Crippen LogP) is 2.19. The number of hydrogen-bond donors (Lipinski definition) is 2. The molecule has 0 bridgehead atoms. The molecule has 0 aliphatic heterocycles. The number of hydrogen-bond acceptors (Lipinski definition) is 3. The molecular formula is C18H22N2O2. The summed E-state index contributed by atoms with van der Waals surface area (Å²) in [6.07, 6.45) is 0.526. The fourth-order valence-corrected chi connectivity index (χ4v) is 2.27. The van der Waals surface area contributed by atoms with Crippen LogP contribution in [0.15, 0.2) is 48.5 Å². The zero-order valence-electron chi connectivity index (χ0n) is 13.0. The van der Waals surface area contributed by atoms with Crippen molar-refractivity contribution in [1.82, 2.24) is 5.32 Å². The Bertz CT molecular complexity index is 626. The van der Waals surface area contributed by atoms with Crippen LogP contribution in [0.3, 0.4) is 0 Å². The fourth-order valence-electron chi connectivity index (χ4n) is 2.27. The first kappa shape index (κ1) is 16.0. The van der Waals surface area contributed by atoms with Crippen molar-refractivity contribution in [2.75, 3.05) is 7.11 Å². The van der Waals surface area contributed by atoms with Gasteiger partial charge in [-0.15, -0.1) is 0 Å². The van der Waals surface area contributed by atoms with E-state index in [1.165, 1.54) is 0 Å². The normalized spacial score (nSPS) is 11.8. The minimum absolute atomic E-state index is 0.161. The topological polar surface area (TPSA) is 64.3 Å². The van der Waals surface area contributed by atoms with E-state index in [1.807, 2.05) is 55.5 Å². The maximum absolute atomic E-state index is 12.1. The molecule has 0 unspecified atom stereocenters. The highest BCUT2D eigenvalue weighted by molar-refractivity contribution is 5.81. The van der Waals surface area contributed by atoms with Gasteiger partial charge in [-0.05, 0) is 30.5 Å². The lowest BCUT2D eigenvalue weighted by atomic mass is 10.1. The van der Waals surface area contributed by atoms with Gasteiger partial charge in [-0.1, -0.05) is 42.5 Å². The number of carbonyl (C=O) groups excluding carboxylic acids is 1. The van der Waals surface area contributed by atoms with Crippen LogP contribution in [-0.2, 0) is 17.8 Å². The molecule has 0 heterocycles. The van der Waals surface area contributed by atoms with Gasteiger partial charge in [-0.25, -0.2) is 0 Å². The number of rotatable bonds is 6. The average Bonchev–Trinajstić information content (AvgIpc) is 2.54. The largest absolute Gasteiger partial charge is 0.496 e. The van der Waals surface area contributed by atoms with E-state index in [2.05, 4.69) is 5.32 Å². The molecule has 0 spiro atoms. The van der Waals surface area contributed by atoms with Crippen LogP contribution >= 0.6 is 0 Å². The van der Waals surface area contributed by atoms with Gasteiger partial charge in [-0.3, -0.25) is 4.79 Å². The number of carbonyl (C=O) groups is 1. The van der Waals surface area contributed by atoms with Crippen molar-refractivity contribution in [3.8, 4) is 5.75 Å². The second-order valence-corrected chi connectivity index (χ2v) is 5.33. The van der Waals surface area contributed by atoms with Crippen molar-refractivity contribution < 1.29 is 9.53 Å². The van der Waals surface area contributed by atoms with Crippen LogP contribution in [0.5, 0.6) is 5.75 Å². The van der Waals surface area contributed by atoms with Crippen molar-refractivity contribution in [3.05, 3.63) is 65.2 Å². The molecule has 2 aromatic rings. The van der Waals surface area contributed by atoms with E-state index in [0.717, 1.165) is 22.4 Å². The van der Waals surface area contributed by atoms with E-state index in [0.29, 0.717) is 13.0 Å². The van der Waals surface area contributed by atoms with Crippen molar-refractivity contribution in [2.24, 2.45) is 5.73 Å². The first-order valence-corrected chi connectivity index (χ1v) is 7.31. The van der Waals surface area contributed by atoms with E-state index in [9.17, 15) is 4.79 Å². The summed E-state index contributed by atoms with van der Waals surface area (Å²) in [4.78, 5) is 12.1. The second-order valence-electron chi connectivity index (χ2n) is 5.33. The Morgan fingerprint density at radius 3 is 2.64 bits per heavy atom. The van der Waals surface area contributed by atoms with Gasteiger partial charge in [0.2, 0.25) is 5.91 Å². The highest BCUT2D eigenvalue weighted by atomic mass is 16.5. The smallest absolute Gasteiger partial charge is 0.237 e. The number of nitrogens with one attached hydrogen (secondary N) is 1. The number of benzene rings is 2. The van der Waals surface area contributed by atoms with E-state index in [1.54, 1.807) is 7.11 Å². The molecule has 2 rings (SSSR count). The van der Waals surface area contributed by atoms with Crippen molar-refractivity contribution >= 4 is 5.91 Å². The Morgan fingerprint density at radius 2 is 1.95 bits per heavy atom. The van der Waals surface area contributed by atoms with Gasteiger partial charge in [0.1, 0.15) is 5.75 Å². The molecule has 0 aliphatic rings. The summed E-state index contributed by atoms with van der Waals surface area (Å²) >= 11 is 0. The van der Waals surface area contributed by atoms with Gasteiger partial charge in [-0.2, -0.15) is 0 Å². The minimum Gasteiger partial charge on any atom is -0.496 e. The van der Waals surface area contributed by atoms with Crippen molar-refractivity contribution in [1.29, 1.82) is 0 Å². The lowest BCUT2D eigenvalue weighted by molar-refractivity contribution is -0.122. The van der Waals surface area contributed by atoms with E-state index in [-0.39, 0.29) is 5.91 Å². The summed E-state index contributed by atoms with van der Waals surface area (Å²) in [5.41, 5.74) is 9.08. The molecule has 0 aromatic heterocycles. The third-order valence-electron chi connectivity index (χ3n) is 3.53.